The van der Waals surface area contributed by atoms with E-state index in [1.54, 1.807) is 6.07 Å². The van der Waals surface area contributed by atoms with Gasteiger partial charge in [-0.25, -0.2) is 4.39 Å². The van der Waals surface area contributed by atoms with Crippen LogP contribution in [0.1, 0.15) is 131 Å². The van der Waals surface area contributed by atoms with E-state index >= 15 is 0 Å². The lowest BCUT2D eigenvalue weighted by Crippen LogP contribution is -2.20. The molecule has 1 atom stereocenters. The van der Waals surface area contributed by atoms with E-state index in [1.807, 2.05) is 66.7 Å². The average Bonchev–Trinajstić information content (AvgIpc) is 3.39. The number of anilines is 1. The Labute approximate surface area is 255 Å². The molecule has 0 aliphatic carbocycles. The van der Waals surface area contributed by atoms with Crippen molar-refractivity contribution in [1.29, 1.82) is 0 Å². The van der Waals surface area contributed by atoms with Gasteiger partial charge in [-0.15, -0.1) is 0 Å². The summed E-state index contributed by atoms with van der Waals surface area (Å²) >= 11 is 0. The van der Waals surface area contributed by atoms with Crippen molar-refractivity contribution in [2.75, 3.05) is 18.0 Å². The third-order valence-corrected chi connectivity index (χ3v) is 6.19. The fourth-order valence-corrected chi connectivity index (χ4v) is 4.10. The van der Waals surface area contributed by atoms with Gasteiger partial charge < -0.3 is 4.90 Å². The molecule has 0 saturated carbocycles. The van der Waals surface area contributed by atoms with E-state index in [4.69, 9.17) is 0 Å². The summed E-state index contributed by atoms with van der Waals surface area (Å²) < 4.78 is 13.6. The second-order valence-corrected chi connectivity index (χ2v) is 10.5. The number of hydrogen-bond donors (Lipinski definition) is 0. The summed E-state index contributed by atoms with van der Waals surface area (Å²) in [5, 5.41) is 0. The molecule has 2 aromatic carbocycles. The predicted molar refractivity (Wildman–Crippen MR) is 187 cm³/mol. The van der Waals surface area contributed by atoms with Crippen LogP contribution in [0.5, 0.6) is 0 Å². The Morgan fingerprint density at radius 2 is 1.66 bits per heavy atom. The molecule has 1 fully saturated rings. The fraction of sp³-hybridized carbons (Fsp3) is 0.538. The molecule has 0 radical (unpaired) electrons. The molecule has 230 valence electrons. The van der Waals surface area contributed by atoms with Gasteiger partial charge in [0, 0.05) is 24.6 Å². The summed E-state index contributed by atoms with van der Waals surface area (Å²) in [6.45, 7) is 30.8. The van der Waals surface area contributed by atoms with Crippen LogP contribution in [0.25, 0.3) is 11.6 Å². The number of halogens is 1. The molecule has 1 nitrogen and oxygen atoms in total. The predicted octanol–water partition coefficient (Wildman–Crippen LogP) is 12.4. The van der Waals surface area contributed by atoms with Crippen molar-refractivity contribution in [2.45, 2.75) is 115 Å². The van der Waals surface area contributed by atoms with Crippen molar-refractivity contribution in [2.24, 2.45) is 11.8 Å². The lowest BCUT2D eigenvalue weighted by molar-refractivity contribution is 0.618. The fourth-order valence-electron chi connectivity index (χ4n) is 4.10. The Bertz CT molecular complexity index is 1050. The van der Waals surface area contributed by atoms with Crippen LogP contribution in [-0.4, -0.2) is 13.1 Å². The van der Waals surface area contributed by atoms with E-state index in [0.717, 1.165) is 35.5 Å². The first-order valence-electron chi connectivity index (χ1n) is 16.1. The Morgan fingerprint density at radius 3 is 2.10 bits per heavy atom. The van der Waals surface area contributed by atoms with Gasteiger partial charge in [0.15, 0.2) is 0 Å². The van der Waals surface area contributed by atoms with Gasteiger partial charge in [-0.1, -0.05) is 136 Å². The van der Waals surface area contributed by atoms with E-state index < -0.39 is 0 Å². The highest BCUT2D eigenvalue weighted by Crippen LogP contribution is 2.26. The minimum absolute atomic E-state index is 0.0842. The lowest BCUT2D eigenvalue weighted by Gasteiger charge is -2.18. The summed E-state index contributed by atoms with van der Waals surface area (Å²) in [7, 11) is 0. The van der Waals surface area contributed by atoms with Crippen molar-refractivity contribution in [3.63, 3.8) is 0 Å². The summed E-state index contributed by atoms with van der Waals surface area (Å²) in [4.78, 5) is 2.14. The number of aryl methyl sites for hydroxylation is 1. The van der Waals surface area contributed by atoms with Crippen molar-refractivity contribution in [1.82, 2.24) is 0 Å². The average molecular weight is 564 g/mol. The van der Waals surface area contributed by atoms with Crippen LogP contribution in [0.15, 0.2) is 49.1 Å². The lowest BCUT2D eigenvalue weighted by atomic mass is 9.99. The molecule has 0 N–H and O–H groups in total. The van der Waals surface area contributed by atoms with Crippen molar-refractivity contribution < 1.29 is 4.39 Å². The van der Waals surface area contributed by atoms with Crippen LogP contribution < -0.4 is 4.90 Å². The molecule has 1 aliphatic rings. The van der Waals surface area contributed by atoms with Gasteiger partial charge >= 0.3 is 0 Å². The van der Waals surface area contributed by atoms with Gasteiger partial charge in [0.1, 0.15) is 5.82 Å². The first-order chi connectivity index (χ1) is 19.6. The number of nitrogens with zero attached hydrogens (tertiary/aromatic N) is 1. The standard InChI is InChI=1S/C17H20.C12H16FN.C6H14.2C2H6/c1-6-7-16-12-15(9-8-13(2)3)10-11-17(16)14(4)5;1-9-3-4-12(11(13)7-9)14-6-5-10(2)8-14;1-3-5-6-4-2;2*1-2/h6-7,10-13H,4H2,1-3,5H3;3-4,7,10H,5-6,8H2,1-2H3;3-6H2,1-2H3;2*1-2H3/b7-6-;;;;. The molecule has 1 heterocycles. The maximum atomic E-state index is 13.6. The molecule has 0 bridgehead atoms. The minimum atomic E-state index is -0.0842. The van der Waals surface area contributed by atoms with E-state index in [0.29, 0.717) is 11.8 Å². The molecule has 0 spiro atoms. The molecule has 2 heteroatoms. The molecule has 0 amide bonds. The number of benzene rings is 2. The van der Waals surface area contributed by atoms with Crippen molar-refractivity contribution in [3.05, 3.63) is 77.1 Å². The normalized spacial score (nSPS) is 13.3. The summed E-state index contributed by atoms with van der Waals surface area (Å²) in [6.07, 6.45) is 10.9. The summed E-state index contributed by atoms with van der Waals surface area (Å²) in [5.41, 5.74) is 6.28. The third-order valence-electron chi connectivity index (χ3n) is 6.19. The number of allylic oxidation sites excluding steroid dienone is 2. The quantitative estimate of drug-likeness (QED) is 0.249. The van der Waals surface area contributed by atoms with Crippen LogP contribution in [0, 0.1) is 36.4 Å². The Kier molecular flexibility index (Phi) is 24.6. The maximum absolute atomic E-state index is 13.6. The molecular formula is C39H62FN. The molecule has 2 aromatic rings. The summed E-state index contributed by atoms with van der Waals surface area (Å²) in [5.74, 6) is 7.39. The van der Waals surface area contributed by atoms with Gasteiger partial charge in [0.2, 0.25) is 0 Å². The van der Waals surface area contributed by atoms with Crippen molar-refractivity contribution >= 4 is 17.3 Å². The molecular weight excluding hydrogens is 501 g/mol. The third kappa shape index (κ3) is 17.6. The van der Waals surface area contributed by atoms with Gasteiger partial charge in [-0.05, 0) is 74.1 Å². The Hall–Kier alpha value is -2.79. The molecule has 0 aromatic heterocycles. The highest BCUT2D eigenvalue weighted by molar-refractivity contribution is 5.73. The molecule has 1 aliphatic heterocycles. The van der Waals surface area contributed by atoms with Gasteiger partial charge in [-0.2, -0.15) is 0 Å². The van der Waals surface area contributed by atoms with Crippen LogP contribution in [0.4, 0.5) is 10.1 Å². The first kappa shape index (κ1) is 40.3. The topological polar surface area (TPSA) is 3.24 Å². The zero-order chi connectivity index (χ0) is 31.8. The molecule has 41 heavy (non-hydrogen) atoms. The Balaban J connectivity index is 0. The number of rotatable bonds is 6. The zero-order valence-corrected chi connectivity index (χ0v) is 28.8. The van der Waals surface area contributed by atoms with Gasteiger partial charge in [0.25, 0.3) is 0 Å². The van der Waals surface area contributed by atoms with Crippen LogP contribution in [0.3, 0.4) is 0 Å². The highest BCUT2D eigenvalue weighted by atomic mass is 19.1. The molecule has 1 saturated heterocycles. The van der Waals surface area contributed by atoms with Crippen LogP contribution in [0.2, 0.25) is 0 Å². The first-order valence-corrected chi connectivity index (χ1v) is 16.1. The number of unbranched alkanes of at least 4 members (excludes halogenated alkanes) is 3. The largest absolute Gasteiger partial charge is 0.369 e. The SMILES string of the molecule is C=C(C)c1ccc(C#CC(C)C)cc1/C=C\C.CC.CC.CCCCCC.Cc1ccc(N2CCC(C)C2)c(F)c1. The van der Waals surface area contributed by atoms with E-state index in [-0.39, 0.29) is 5.82 Å². The van der Waals surface area contributed by atoms with Gasteiger partial charge in [0.05, 0.1) is 5.69 Å². The monoisotopic (exact) mass is 563 g/mol. The van der Waals surface area contributed by atoms with Crippen molar-refractivity contribution in [3.8, 4) is 11.8 Å². The van der Waals surface area contributed by atoms with Crippen LogP contribution in [-0.2, 0) is 0 Å². The Morgan fingerprint density at radius 1 is 1.05 bits per heavy atom. The van der Waals surface area contributed by atoms with Crippen LogP contribution >= 0.6 is 0 Å². The molecule has 3 rings (SSSR count). The zero-order valence-electron chi connectivity index (χ0n) is 28.8. The van der Waals surface area contributed by atoms with E-state index in [2.05, 4.69) is 82.2 Å². The second-order valence-electron chi connectivity index (χ2n) is 10.5. The summed E-state index contributed by atoms with van der Waals surface area (Å²) in [6, 6.07) is 11.8. The van der Waals surface area contributed by atoms with E-state index in [9.17, 15) is 4.39 Å². The molecule has 1 unspecified atom stereocenters. The minimum Gasteiger partial charge on any atom is -0.369 e. The second kappa shape index (κ2) is 25.0. The maximum Gasteiger partial charge on any atom is 0.146 e. The van der Waals surface area contributed by atoms with Gasteiger partial charge in [-0.3, -0.25) is 0 Å². The van der Waals surface area contributed by atoms with E-state index in [1.165, 1.54) is 43.2 Å². The number of hydrogen-bond acceptors (Lipinski definition) is 1. The highest BCUT2D eigenvalue weighted by Gasteiger charge is 2.20. The smallest absolute Gasteiger partial charge is 0.146 e.